The number of carbonyl (C=O) groups excluding carboxylic acids is 1. The predicted molar refractivity (Wildman–Crippen MR) is 55.3 cm³/mol. The summed E-state index contributed by atoms with van der Waals surface area (Å²) in [6.45, 7) is 4.32. The van der Waals surface area contributed by atoms with Gasteiger partial charge >= 0.3 is 11.9 Å². The second kappa shape index (κ2) is 5.70. The van der Waals surface area contributed by atoms with Crippen LogP contribution in [0.1, 0.15) is 13.8 Å². The molecular formula is C10H20NO4+. The number of likely N-dealkylation sites (N-methyl/N-ethyl adjacent to an activating group) is 1. The molecule has 0 atom stereocenters. The van der Waals surface area contributed by atoms with E-state index in [4.69, 9.17) is 9.84 Å². The molecule has 1 N–H and O–H groups in total. The van der Waals surface area contributed by atoms with E-state index in [1.807, 2.05) is 0 Å². The fourth-order valence-electron chi connectivity index (χ4n) is 1.01. The first kappa shape index (κ1) is 13.9. The van der Waals surface area contributed by atoms with Crippen LogP contribution in [0.3, 0.4) is 0 Å². The fraction of sp³-hybridized carbons (Fsp3) is 0.800. The molecular weight excluding hydrogens is 198 g/mol. The van der Waals surface area contributed by atoms with Crippen molar-refractivity contribution in [3.8, 4) is 0 Å². The number of carboxylic acid groups (broad SMARTS) is 1. The lowest BCUT2D eigenvalue weighted by Gasteiger charge is -2.27. The van der Waals surface area contributed by atoms with E-state index in [0.717, 1.165) is 0 Å². The van der Waals surface area contributed by atoms with E-state index >= 15 is 0 Å². The maximum absolute atomic E-state index is 11.1. The molecule has 0 unspecified atom stereocenters. The molecule has 0 heterocycles. The summed E-state index contributed by atoms with van der Waals surface area (Å²) in [5.74, 6) is -1.24. The topological polar surface area (TPSA) is 63.6 Å². The van der Waals surface area contributed by atoms with Gasteiger partial charge in [-0.05, 0) is 0 Å². The Morgan fingerprint density at radius 2 is 1.87 bits per heavy atom. The molecule has 0 aromatic heterocycles. The SMILES string of the molecule is CC(C)C(=O)OCC[N+](C)(C)CC(=O)O. The highest BCUT2D eigenvalue weighted by atomic mass is 16.5. The summed E-state index contributed by atoms with van der Waals surface area (Å²) >= 11 is 0. The van der Waals surface area contributed by atoms with Crippen LogP contribution in [0.5, 0.6) is 0 Å². The standard InChI is InChI=1S/C10H19NO4/c1-8(2)10(14)15-6-5-11(3,4)7-9(12)13/h8H,5-7H2,1-4H3/p+1. The Hall–Kier alpha value is -1.10. The molecule has 5 nitrogen and oxygen atoms in total. The van der Waals surface area contributed by atoms with Gasteiger partial charge in [0.15, 0.2) is 6.54 Å². The van der Waals surface area contributed by atoms with Crippen molar-refractivity contribution in [3.05, 3.63) is 0 Å². The molecule has 0 radical (unpaired) electrons. The van der Waals surface area contributed by atoms with Gasteiger partial charge in [-0.25, -0.2) is 4.79 Å². The van der Waals surface area contributed by atoms with Crippen molar-refractivity contribution in [2.24, 2.45) is 5.92 Å². The second-order valence-electron chi connectivity index (χ2n) is 4.53. The molecule has 0 aliphatic heterocycles. The number of carboxylic acids is 1. The Bertz CT molecular complexity index is 236. The third kappa shape index (κ3) is 6.90. The van der Waals surface area contributed by atoms with Crippen molar-refractivity contribution < 1.29 is 23.9 Å². The Morgan fingerprint density at radius 3 is 2.27 bits per heavy atom. The lowest BCUT2D eigenvalue weighted by atomic mass is 10.2. The number of rotatable bonds is 6. The van der Waals surface area contributed by atoms with E-state index < -0.39 is 5.97 Å². The number of quaternary nitrogens is 1. The average Bonchev–Trinajstić information content (AvgIpc) is 2.00. The Labute approximate surface area is 90.2 Å². The molecule has 0 aromatic rings. The minimum Gasteiger partial charge on any atom is -0.477 e. The number of aliphatic carboxylic acids is 1. The van der Waals surface area contributed by atoms with Gasteiger partial charge in [0.2, 0.25) is 0 Å². The lowest BCUT2D eigenvalue weighted by Crippen LogP contribution is -2.46. The average molecular weight is 218 g/mol. The largest absolute Gasteiger partial charge is 0.477 e. The molecule has 0 spiro atoms. The normalized spacial score (nSPS) is 11.5. The Kier molecular flexibility index (Phi) is 5.28. The van der Waals surface area contributed by atoms with Gasteiger partial charge in [0.25, 0.3) is 0 Å². The highest BCUT2D eigenvalue weighted by Gasteiger charge is 2.20. The molecule has 0 fully saturated rings. The molecule has 0 saturated carbocycles. The molecule has 88 valence electrons. The van der Waals surface area contributed by atoms with Crippen molar-refractivity contribution in [2.45, 2.75) is 13.8 Å². The van der Waals surface area contributed by atoms with Crippen LogP contribution in [0.2, 0.25) is 0 Å². The fourth-order valence-corrected chi connectivity index (χ4v) is 1.01. The van der Waals surface area contributed by atoms with E-state index in [1.165, 1.54) is 0 Å². The summed E-state index contributed by atoms with van der Waals surface area (Å²) in [6.07, 6.45) is 0. The molecule has 0 aliphatic carbocycles. The van der Waals surface area contributed by atoms with Gasteiger partial charge in [-0.2, -0.15) is 0 Å². The monoisotopic (exact) mass is 218 g/mol. The maximum Gasteiger partial charge on any atom is 0.359 e. The van der Waals surface area contributed by atoms with E-state index in [2.05, 4.69) is 0 Å². The van der Waals surface area contributed by atoms with Gasteiger partial charge in [-0.15, -0.1) is 0 Å². The number of nitrogens with zero attached hydrogens (tertiary/aromatic N) is 1. The van der Waals surface area contributed by atoms with Crippen LogP contribution in [0.4, 0.5) is 0 Å². The summed E-state index contributed by atoms with van der Waals surface area (Å²) < 4.78 is 5.28. The smallest absolute Gasteiger partial charge is 0.359 e. The van der Waals surface area contributed by atoms with Crippen LogP contribution in [0, 0.1) is 5.92 Å². The first-order chi connectivity index (χ1) is 6.74. The lowest BCUT2D eigenvalue weighted by molar-refractivity contribution is -0.883. The number of ether oxygens (including phenoxy) is 1. The molecule has 0 aliphatic rings. The van der Waals surface area contributed by atoms with Crippen LogP contribution in [-0.4, -0.2) is 55.3 Å². The summed E-state index contributed by atoms with van der Waals surface area (Å²) in [6, 6.07) is 0. The quantitative estimate of drug-likeness (QED) is 0.516. The van der Waals surface area contributed by atoms with Gasteiger partial charge in [0, 0.05) is 0 Å². The van der Waals surface area contributed by atoms with E-state index in [0.29, 0.717) is 11.0 Å². The zero-order valence-electron chi connectivity index (χ0n) is 9.82. The third-order valence-electron chi connectivity index (χ3n) is 1.98. The van der Waals surface area contributed by atoms with Gasteiger partial charge in [-0.1, -0.05) is 13.8 Å². The molecule has 0 aromatic carbocycles. The summed E-state index contributed by atoms with van der Waals surface area (Å²) in [5.41, 5.74) is 0. The Balaban J connectivity index is 3.84. The highest BCUT2D eigenvalue weighted by Crippen LogP contribution is 1.99. The van der Waals surface area contributed by atoms with E-state index in [9.17, 15) is 9.59 Å². The van der Waals surface area contributed by atoms with E-state index in [-0.39, 0.29) is 25.0 Å². The second-order valence-corrected chi connectivity index (χ2v) is 4.53. The van der Waals surface area contributed by atoms with Gasteiger partial charge in [0.05, 0.1) is 20.0 Å². The van der Waals surface area contributed by atoms with E-state index in [1.54, 1.807) is 27.9 Å². The van der Waals surface area contributed by atoms with Crippen molar-refractivity contribution in [3.63, 3.8) is 0 Å². The van der Waals surface area contributed by atoms with Crippen LogP contribution < -0.4 is 0 Å². The molecule has 15 heavy (non-hydrogen) atoms. The van der Waals surface area contributed by atoms with Crippen molar-refractivity contribution in [1.82, 2.24) is 0 Å². The minimum absolute atomic E-state index is 0.0270. The van der Waals surface area contributed by atoms with Crippen LogP contribution in [0.15, 0.2) is 0 Å². The van der Waals surface area contributed by atoms with Crippen LogP contribution in [-0.2, 0) is 14.3 Å². The van der Waals surface area contributed by atoms with Crippen molar-refractivity contribution in [1.29, 1.82) is 0 Å². The first-order valence-electron chi connectivity index (χ1n) is 4.95. The van der Waals surface area contributed by atoms with Gasteiger partial charge in [-0.3, -0.25) is 4.79 Å². The number of hydrogen-bond donors (Lipinski definition) is 1. The third-order valence-corrected chi connectivity index (χ3v) is 1.98. The zero-order valence-corrected chi connectivity index (χ0v) is 9.82. The highest BCUT2D eigenvalue weighted by molar-refractivity contribution is 5.71. The Morgan fingerprint density at radius 1 is 1.33 bits per heavy atom. The number of hydrogen-bond acceptors (Lipinski definition) is 3. The summed E-state index contributed by atoms with van der Waals surface area (Å²) in [4.78, 5) is 21.6. The van der Waals surface area contributed by atoms with Crippen molar-refractivity contribution in [2.75, 3.05) is 33.8 Å². The zero-order chi connectivity index (χ0) is 12.1. The van der Waals surface area contributed by atoms with Gasteiger partial charge < -0.3 is 14.3 Å². The molecule has 0 rings (SSSR count). The van der Waals surface area contributed by atoms with Gasteiger partial charge in [0.1, 0.15) is 13.2 Å². The predicted octanol–water partition coefficient (Wildman–Crippen LogP) is 0.347. The molecule has 0 bridgehead atoms. The molecule has 0 amide bonds. The molecule has 5 heteroatoms. The number of carbonyl (C=O) groups is 2. The maximum atomic E-state index is 11.1. The first-order valence-corrected chi connectivity index (χ1v) is 4.95. The van der Waals surface area contributed by atoms with Crippen molar-refractivity contribution >= 4 is 11.9 Å². The minimum atomic E-state index is -0.852. The summed E-state index contributed by atoms with van der Waals surface area (Å²) in [5, 5.41) is 8.62. The van der Waals surface area contributed by atoms with Crippen LogP contribution in [0.25, 0.3) is 0 Å². The number of esters is 1. The van der Waals surface area contributed by atoms with Crippen LogP contribution >= 0.6 is 0 Å². The summed E-state index contributed by atoms with van der Waals surface area (Å²) in [7, 11) is 3.58. The molecule has 0 saturated heterocycles.